The highest BCUT2D eigenvalue weighted by Crippen LogP contribution is 2.12. The second-order valence-electron chi connectivity index (χ2n) is 2.73. The molecule has 3 nitrogen and oxygen atoms in total. The highest BCUT2D eigenvalue weighted by Gasteiger charge is 2.09. The van der Waals surface area contributed by atoms with Gasteiger partial charge in [0.05, 0.1) is 18.8 Å². The summed E-state index contributed by atoms with van der Waals surface area (Å²) >= 11 is 0. The van der Waals surface area contributed by atoms with E-state index in [-0.39, 0.29) is 11.9 Å². The Kier molecular flexibility index (Phi) is 3.79. The van der Waals surface area contributed by atoms with E-state index in [4.69, 9.17) is 4.74 Å². The van der Waals surface area contributed by atoms with Crippen molar-refractivity contribution in [3.05, 3.63) is 29.8 Å². The molecule has 1 atom stereocenters. The second-order valence-corrected chi connectivity index (χ2v) is 2.73. The quantitative estimate of drug-likeness (QED) is 0.761. The van der Waals surface area contributed by atoms with Crippen LogP contribution in [-0.4, -0.2) is 25.7 Å². The highest BCUT2D eigenvalue weighted by molar-refractivity contribution is 5.14. The maximum absolute atomic E-state index is 12.8. The van der Waals surface area contributed by atoms with Crippen molar-refractivity contribution in [3.8, 4) is 0 Å². The average Bonchev–Trinajstić information content (AvgIpc) is 2.14. The van der Waals surface area contributed by atoms with Crippen LogP contribution in [0.25, 0.3) is 0 Å². The zero-order chi connectivity index (χ0) is 9.68. The second kappa shape index (κ2) is 4.89. The molecule has 0 aromatic carbocycles. The monoisotopic (exact) mass is 184 g/mol. The van der Waals surface area contributed by atoms with Crippen molar-refractivity contribution in [2.24, 2.45) is 0 Å². The molecule has 0 amide bonds. The van der Waals surface area contributed by atoms with E-state index in [9.17, 15) is 4.39 Å². The van der Waals surface area contributed by atoms with Gasteiger partial charge in [-0.25, -0.2) is 4.39 Å². The van der Waals surface area contributed by atoms with Crippen LogP contribution in [0.1, 0.15) is 11.6 Å². The Morgan fingerprint density at radius 3 is 2.92 bits per heavy atom. The minimum absolute atomic E-state index is 0.00630. The molecule has 13 heavy (non-hydrogen) atoms. The van der Waals surface area contributed by atoms with Crippen LogP contribution in [0.5, 0.6) is 0 Å². The number of hydrogen-bond donors (Lipinski definition) is 1. The molecular weight excluding hydrogens is 171 g/mol. The SMILES string of the molecule is CNC(COC)c1cncc(F)c1. The summed E-state index contributed by atoms with van der Waals surface area (Å²) in [5, 5.41) is 3.01. The van der Waals surface area contributed by atoms with Gasteiger partial charge in [0.15, 0.2) is 0 Å². The molecule has 1 aromatic heterocycles. The van der Waals surface area contributed by atoms with Gasteiger partial charge in [0.25, 0.3) is 0 Å². The molecule has 1 heterocycles. The lowest BCUT2D eigenvalue weighted by Crippen LogP contribution is -2.21. The molecule has 0 saturated heterocycles. The van der Waals surface area contributed by atoms with Crippen molar-refractivity contribution in [3.63, 3.8) is 0 Å². The summed E-state index contributed by atoms with van der Waals surface area (Å²) < 4.78 is 17.7. The summed E-state index contributed by atoms with van der Waals surface area (Å²) in [5.74, 6) is -0.325. The lowest BCUT2D eigenvalue weighted by molar-refractivity contribution is 0.170. The third-order valence-electron chi connectivity index (χ3n) is 1.81. The number of methoxy groups -OCH3 is 1. The Morgan fingerprint density at radius 2 is 2.38 bits per heavy atom. The minimum Gasteiger partial charge on any atom is -0.383 e. The van der Waals surface area contributed by atoms with Gasteiger partial charge in [-0.05, 0) is 18.7 Å². The predicted octanol–water partition coefficient (Wildman–Crippen LogP) is 1.13. The molecule has 1 N–H and O–H groups in total. The molecule has 1 aromatic rings. The molecule has 0 aliphatic heterocycles. The van der Waals surface area contributed by atoms with Crippen LogP contribution in [0, 0.1) is 5.82 Å². The molecule has 0 spiro atoms. The Balaban J connectivity index is 2.78. The van der Waals surface area contributed by atoms with Gasteiger partial charge in [0, 0.05) is 13.3 Å². The third-order valence-corrected chi connectivity index (χ3v) is 1.81. The van der Waals surface area contributed by atoms with Crippen molar-refractivity contribution in [2.75, 3.05) is 20.8 Å². The third kappa shape index (κ3) is 2.75. The summed E-state index contributed by atoms with van der Waals surface area (Å²) in [4.78, 5) is 3.76. The molecular formula is C9H13FN2O. The number of likely N-dealkylation sites (N-methyl/N-ethyl adjacent to an activating group) is 1. The number of ether oxygens (including phenoxy) is 1. The van der Waals surface area contributed by atoms with Gasteiger partial charge in [-0.1, -0.05) is 0 Å². The van der Waals surface area contributed by atoms with Gasteiger partial charge in [-0.15, -0.1) is 0 Å². The molecule has 0 aliphatic carbocycles. The van der Waals surface area contributed by atoms with Crippen molar-refractivity contribution in [1.82, 2.24) is 10.3 Å². The highest BCUT2D eigenvalue weighted by atomic mass is 19.1. The zero-order valence-corrected chi connectivity index (χ0v) is 7.75. The van der Waals surface area contributed by atoms with E-state index in [1.165, 1.54) is 12.3 Å². The Hall–Kier alpha value is -1.00. The molecule has 0 fully saturated rings. The molecule has 1 rings (SSSR count). The van der Waals surface area contributed by atoms with Crippen LogP contribution in [0.15, 0.2) is 18.5 Å². The van der Waals surface area contributed by atoms with Gasteiger partial charge in [-0.3, -0.25) is 4.98 Å². The number of nitrogens with zero attached hydrogens (tertiary/aromatic N) is 1. The smallest absolute Gasteiger partial charge is 0.141 e. The van der Waals surface area contributed by atoms with Crippen LogP contribution in [0.2, 0.25) is 0 Å². The largest absolute Gasteiger partial charge is 0.383 e. The fraction of sp³-hybridized carbons (Fsp3) is 0.444. The Morgan fingerprint density at radius 1 is 1.62 bits per heavy atom. The topological polar surface area (TPSA) is 34.1 Å². The summed E-state index contributed by atoms with van der Waals surface area (Å²) in [6.45, 7) is 0.502. The van der Waals surface area contributed by atoms with Crippen LogP contribution in [-0.2, 0) is 4.74 Å². The van der Waals surface area contributed by atoms with Crippen molar-refractivity contribution in [1.29, 1.82) is 0 Å². The fourth-order valence-electron chi connectivity index (χ4n) is 1.13. The van der Waals surface area contributed by atoms with Crippen molar-refractivity contribution >= 4 is 0 Å². The van der Waals surface area contributed by atoms with Crippen molar-refractivity contribution < 1.29 is 9.13 Å². The minimum atomic E-state index is -0.325. The normalized spacial score (nSPS) is 12.8. The van der Waals surface area contributed by atoms with Gasteiger partial charge in [0.2, 0.25) is 0 Å². The summed E-state index contributed by atoms with van der Waals surface area (Å²) in [5.41, 5.74) is 0.796. The van der Waals surface area contributed by atoms with Crippen molar-refractivity contribution in [2.45, 2.75) is 6.04 Å². The first-order chi connectivity index (χ1) is 6.27. The summed E-state index contributed by atoms with van der Waals surface area (Å²) in [7, 11) is 3.41. The molecule has 1 unspecified atom stereocenters. The number of hydrogen-bond acceptors (Lipinski definition) is 3. The van der Waals surface area contributed by atoms with Crippen LogP contribution >= 0.6 is 0 Å². The number of halogens is 1. The van der Waals surface area contributed by atoms with Gasteiger partial charge in [-0.2, -0.15) is 0 Å². The van der Waals surface area contributed by atoms with Crippen LogP contribution < -0.4 is 5.32 Å². The van der Waals surface area contributed by atoms with Gasteiger partial charge >= 0.3 is 0 Å². The van der Waals surface area contributed by atoms with E-state index in [1.54, 1.807) is 20.4 Å². The molecule has 4 heteroatoms. The lowest BCUT2D eigenvalue weighted by atomic mass is 10.1. The summed E-state index contributed by atoms with van der Waals surface area (Å²) in [6, 6.07) is 1.45. The Bertz CT molecular complexity index is 268. The molecule has 72 valence electrons. The maximum atomic E-state index is 12.8. The first kappa shape index (κ1) is 10.1. The van der Waals surface area contributed by atoms with Crippen LogP contribution in [0.4, 0.5) is 4.39 Å². The first-order valence-corrected chi connectivity index (χ1v) is 4.04. The van der Waals surface area contributed by atoms with Gasteiger partial charge in [0.1, 0.15) is 5.82 Å². The molecule has 0 radical (unpaired) electrons. The standard InChI is InChI=1S/C9H13FN2O/c1-11-9(6-13-2)7-3-8(10)5-12-4-7/h3-5,9,11H,6H2,1-2H3. The lowest BCUT2D eigenvalue weighted by Gasteiger charge is -2.14. The van der Waals surface area contributed by atoms with E-state index < -0.39 is 0 Å². The van der Waals surface area contributed by atoms with E-state index in [2.05, 4.69) is 10.3 Å². The van der Waals surface area contributed by atoms with E-state index in [0.717, 1.165) is 5.56 Å². The number of aromatic nitrogens is 1. The maximum Gasteiger partial charge on any atom is 0.141 e. The van der Waals surface area contributed by atoms with E-state index in [1.807, 2.05) is 0 Å². The molecule has 0 aliphatic rings. The zero-order valence-electron chi connectivity index (χ0n) is 7.75. The first-order valence-electron chi connectivity index (χ1n) is 4.04. The van der Waals surface area contributed by atoms with E-state index in [0.29, 0.717) is 6.61 Å². The predicted molar refractivity (Wildman–Crippen MR) is 47.9 cm³/mol. The molecule has 0 saturated carbocycles. The average molecular weight is 184 g/mol. The van der Waals surface area contributed by atoms with Crippen LogP contribution in [0.3, 0.4) is 0 Å². The number of nitrogens with one attached hydrogen (secondary N) is 1. The van der Waals surface area contributed by atoms with E-state index >= 15 is 0 Å². The molecule has 0 bridgehead atoms. The Labute approximate surface area is 76.9 Å². The number of pyridine rings is 1. The number of rotatable bonds is 4. The van der Waals surface area contributed by atoms with Gasteiger partial charge < -0.3 is 10.1 Å². The fourth-order valence-corrected chi connectivity index (χ4v) is 1.13. The summed E-state index contributed by atoms with van der Waals surface area (Å²) in [6.07, 6.45) is 2.81.